The van der Waals surface area contributed by atoms with E-state index >= 15 is 4.39 Å². The first kappa shape index (κ1) is 50.2. The lowest BCUT2D eigenvalue weighted by Crippen LogP contribution is -2.27. The Bertz CT molecular complexity index is 4240. The number of pyridine rings is 4. The molecule has 11 rings (SSSR count). The van der Waals surface area contributed by atoms with Gasteiger partial charge in [0.05, 0.1) is 33.4 Å². The molecule has 5 heterocycles. The summed E-state index contributed by atoms with van der Waals surface area (Å²) in [5.41, 5.74) is 10.4. The first-order valence-electron chi connectivity index (χ1n) is 24.4. The average Bonchev–Trinajstić information content (AvgIpc) is 3.97. The molecule has 16 heteroatoms. The Labute approximate surface area is 439 Å². The smallest absolute Gasteiger partial charge is 0.318 e. The van der Waals surface area contributed by atoms with Crippen molar-refractivity contribution in [3.05, 3.63) is 220 Å². The minimum Gasteiger partial charge on any atom is -0.355 e. The third kappa shape index (κ3) is 9.69. The molecule has 4 aromatic heterocycles. The molecule has 1 aliphatic heterocycles. The molecule has 0 saturated carbocycles. The van der Waals surface area contributed by atoms with E-state index in [9.17, 15) is 28.8 Å². The summed E-state index contributed by atoms with van der Waals surface area (Å²) in [7, 11) is 3.05. The van der Waals surface area contributed by atoms with Crippen molar-refractivity contribution in [2.75, 3.05) is 36.2 Å². The summed E-state index contributed by atoms with van der Waals surface area (Å²) in [6, 6.07) is 40.4. The summed E-state index contributed by atoms with van der Waals surface area (Å²) in [6.07, 6.45) is 6.67. The molecule has 1 aliphatic rings. The molecule has 10 aromatic rings. The van der Waals surface area contributed by atoms with Crippen molar-refractivity contribution < 1.29 is 23.6 Å². The number of aryl methyl sites for hydroxylation is 1. The number of amides is 5. The van der Waals surface area contributed by atoms with Gasteiger partial charge in [0.2, 0.25) is 11.8 Å². The number of halogens is 1. The van der Waals surface area contributed by atoms with E-state index in [0.717, 1.165) is 56.0 Å². The molecule has 0 atom stereocenters. The van der Waals surface area contributed by atoms with E-state index in [0.29, 0.717) is 62.4 Å². The van der Waals surface area contributed by atoms with Gasteiger partial charge in [0.15, 0.2) is 0 Å². The Hall–Kier alpha value is -10.4. The van der Waals surface area contributed by atoms with Crippen molar-refractivity contribution in [1.29, 1.82) is 0 Å². The van der Waals surface area contributed by atoms with Crippen LogP contribution in [0.4, 0.5) is 26.2 Å². The first-order valence-corrected chi connectivity index (χ1v) is 24.4. The zero-order valence-electron chi connectivity index (χ0n) is 42.0. The van der Waals surface area contributed by atoms with Crippen LogP contribution in [0.3, 0.4) is 0 Å². The van der Waals surface area contributed by atoms with E-state index in [1.165, 1.54) is 37.4 Å². The van der Waals surface area contributed by atoms with Gasteiger partial charge in [-0.2, -0.15) is 0 Å². The van der Waals surface area contributed by atoms with Crippen LogP contribution in [0.5, 0.6) is 0 Å². The van der Waals surface area contributed by atoms with Crippen molar-refractivity contribution in [2.24, 2.45) is 0 Å². The van der Waals surface area contributed by atoms with Gasteiger partial charge in [0.25, 0.3) is 17.0 Å². The van der Waals surface area contributed by atoms with Gasteiger partial charge in [-0.25, -0.2) is 9.18 Å². The fourth-order valence-corrected chi connectivity index (χ4v) is 9.57. The fourth-order valence-electron chi connectivity index (χ4n) is 9.57. The lowest BCUT2D eigenvalue weighted by molar-refractivity contribution is -0.114. The maximum absolute atomic E-state index is 15.1. The van der Waals surface area contributed by atoms with Gasteiger partial charge >= 0.3 is 6.03 Å². The van der Waals surface area contributed by atoms with Crippen molar-refractivity contribution in [2.45, 2.75) is 13.3 Å². The highest BCUT2D eigenvalue weighted by atomic mass is 19.1. The summed E-state index contributed by atoms with van der Waals surface area (Å²) >= 11 is 0. The van der Waals surface area contributed by atoms with Crippen LogP contribution in [-0.2, 0) is 16.0 Å². The second-order valence-electron chi connectivity index (χ2n) is 18.1. The molecule has 0 unspecified atom stereocenters. The highest BCUT2D eigenvalue weighted by Gasteiger charge is 2.24. The third-order valence-electron chi connectivity index (χ3n) is 13.5. The Kier molecular flexibility index (Phi) is 13.6. The standard InChI is InChI=1S/C31H23FN4O3.C30H25N5O3/c1-3-28(37)35-13-12-18-4-8-22(16-27(18)35)36-29(38)11-7-21-17-34-26-10-6-19(14-24(26)30(21)36)23-9-5-20(15-25(23)32)31(39)33-2;1-4-27(36)34-26-16-23(12-5-18(26)2)35-28(37)14-9-21-17-32-25-13-8-20(15-24(25)29(21)35)19-6-10-22(11-7-19)33-30(38)31-3/h3-11,14-17H,1,12-13H2,2H3,(H,33,39);4-17H,1H2,2-3H3,(H,34,36)(H2,31,33,38). The quantitative estimate of drug-likeness (QED) is 0.0812. The van der Waals surface area contributed by atoms with Crippen molar-refractivity contribution >= 4 is 84.4 Å². The van der Waals surface area contributed by atoms with Gasteiger partial charge in [-0.15, -0.1) is 0 Å². The molecular weight excluding hydrogens is 974 g/mol. The fraction of sp³-hybridized carbons (Fsp3) is 0.0820. The van der Waals surface area contributed by atoms with Gasteiger partial charge in [-0.3, -0.25) is 43.1 Å². The van der Waals surface area contributed by atoms with Gasteiger partial charge in [-0.1, -0.05) is 55.6 Å². The summed E-state index contributed by atoms with van der Waals surface area (Å²) < 4.78 is 18.4. The zero-order valence-corrected chi connectivity index (χ0v) is 42.0. The maximum atomic E-state index is 15.1. The Morgan fingerprint density at radius 2 is 1.23 bits per heavy atom. The van der Waals surface area contributed by atoms with E-state index in [1.54, 1.807) is 82.0 Å². The number of hydrogen-bond acceptors (Lipinski definition) is 8. The molecule has 15 nitrogen and oxygen atoms in total. The Morgan fingerprint density at radius 1 is 0.623 bits per heavy atom. The minimum atomic E-state index is -0.536. The SMILES string of the molecule is C=CC(=O)N1CCc2ccc(-n3c(=O)ccc4cnc5ccc(-c6ccc(C(=O)NC)cc6F)cc5c43)cc21.C=CC(=O)Nc1cc(-n2c(=O)ccc3cnc4ccc(-c5ccc(NC(=O)NC)cc5)cc4c32)ccc1C. The molecule has 0 fully saturated rings. The summed E-state index contributed by atoms with van der Waals surface area (Å²) in [4.78, 5) is 85.4. The largest absolute Gasteiger partial charge is 0.355 e. The van der Waals surface area contributed by atoms with Gasteiger partial charge in [0, 0.05) is 94.9 Å². The number of fused-ring (bicyclic) bond motifs is 7. The number of rotatable bonds is 9. The third-order valence-corrected chi connectivity index (χ3v) is 13.5. The van der Waals surface area contributed by atoms with Gasteiger partial charge in [-0.05, 0) is 138 Å². The average molecular weight is 1020 g/mol. The lowest BCUT2D eigenvalue weighted by Gasteiger charge is -2.18. The number of carbonyl (C=O) groups excluding carboxylic acids is 4. The van der Waals surface area contributed by atoms with Gasteiger partial charge in [0.1, 0.15) is 5.82 Å². The molecule has 0 bridgehead atoms. The molecule has 0 spiro atoms. The maximum Gasteiger partial charge on any atom is 0.318 e. The van der Waals surface area contributed by atoms with E-state index in [-0.39, 0.29) is 40.4 Å². The minimum absolute atomic E-state index is 0.195. The second kappa shape index (κ2) is 20.9. The predicted octanol–water partition coefficient (Wildman–Crippen LogP) is 10.2. The molecule has 0 aliphatic carbocycles. The highest BCUT2D eigenvalue weighted by Crippen LogP contribution is 2.35. The van der Waals surface area contributed by atoms with E-state index in [4.69, 9.17) is 0 Å². The number of nitrogens with zero attached hydrogens (tertiary/aromatic N) is 5. The van der Waals surface area contributed by atoms with Crippen LogP contribution in [0.15, 0.2) is 187 Å². The molecule has 380 valence electrons. The van der Waals surface area contributed by atoms with Gasteiger partial charge < -0.3 is 26.2 Å². The van der Waals surface area contributed by atoms with Crippen LogP contribution in [0, 0.1) is 12.7 Å². The molecule has 0 saturated heterocycles. The monoisotopic (exact) mass is 1020 g/mol. The van der Waals surface area contributed by atoms with E-state index in [1.807, 2.05) is 79.7 Å². The first-order chi connectivity index (χ1) is 37.3. The molecule has 4 N–H and O–H groups in total. The number of carbonyl (C=O) groups is 4. The number of anilines is 3. The van der Waals surface area contributed by atoms with Crippen LogP contribution in [0.25, 0.3) is 77.2 Å². The topological polar surface area (TPSA) is 189 Å². The van der Waals surface area contributed by atoms with Crippen LogP contribution in [0.1, 0.15) is 21.5 Å². The number of benzene rings is 6. The molecule has 6 aromatic carbocycles. The van der Waals surface area contributed by atoms with Crippen molar-refractivity contribution in [3.8, 4) is 33.6 Å². The molecule has 5 amide bonds. The zero-order chi connectivity index (χ0) is 54.1. The molecule has 77 heavy (non-hydrogen) atoms. The summed E-state index contributed by atoms with van der Waals surface area (Å²) in [6.45, 7) is 9.55. The van der Waals surface area contributed by atoms with E-state index in [2.05, 4.69) is 44.4 Å². The lowest BCUT2D eigenvalue weighted by atomic mass is 10.00. The number of nitrogens with one attached hydrogen (secondary N) is 4. The summed E-state index contributed by atoms with van der Waals surface area (Å²) in [5.74, 6) is -1.43. The van der Waals surface area contributed by atoms with Crippen molar-refractivity contribution in [1.82, 2.24) is 29.7 Å². The van der Waals surface area contributed by atoms with Crippen LogP contribution in [0.2, 0.25) is 0 Å². The summed E-state index contributed by atoms with van der Waals surface area (Å²) in [5, 5.41) is 13.6. The Balaban J connectivity index is 0.000000175. The second-order valence-corrected chi connectivity index (χ2v) is 18.1. The van der Waals surface area contributed by atoms with Crippen LogP contribution >= 0.6 is 0 Å². The molecule has 0 radical (unpaired) electrons. The van der Waals surface area contributed by atoms with Crippen LogP contribution in [-0.4, -0.2) is 63.5 Å². The molecular formula is C61H48FN9O6. The van der Waals surface area contributed by atoms with Crippen molar-refractivity contribution in [3.63, 3.8) is 0 Å². The number of urea groups is 1. The number of aromatic nitrogens is 4. The Morgan fingerprint density at radius 3 is 1.84 bits per heavy atom. The number of hydrogen-bond donors (Lipinski definition) is 4. The normalized spacial score (nSPS) is 11.7. The van der Waals surface area contributed by atoms with Crippen LogP contribution < -0.4 is 37.3 Å². The van der Waals surface area contributed by atoms with E-state index < -0.39 is 5.82 Å². The highest BCUT2D eigenvalue weighted by molar-refractivity contribution is 6.08. The predicted molar refractivity (Wildman–Crippen MR) is 302 cm³/mol.